The molecule has 2 aromatic heterocycles. The van der Waals surface area contributed by atoms with Crippen LogP contribution < -0.4 is 5.73 Å². The summed E-state index contributed by atoms with van der Waals surface area (Å²) in [5, 5.41) is 11.3. The summed E-state index contributed by atoms with van der Waals surface area (Å²) in [6.45, 7) is 2.43. The van der Waals surface area contributed by atoms with Crippen molar-refractivity contribution in [3.05, 3.63) is 35.7 Å². The average Bonchev–Trinajstić information content (AvgIpc) is 3.19. The molecule has 4 rings (SSSR count). The quantitative estimate of drug-likeness (QED) is 0.622. The molecule has 1 aliphatic rings. The highest BCUT2D eigenvalue weighted by Crippen LogP contribution is 2.33. The second-order valence-electron chi connectivity index (χ2n) is 6.50. The minimum atomic E-state index is -1.61. The predicted molar refractivity (Wildman–Crippen MR) is 104 cm³/mol. The molecule has 0 radical (unpaired) electrons. The number of fused-ring (bicyclic) bond motifs is 1. The lowest BCUT2D eigenvalue weighted by atomic mass is 9.99. The summed E-state index contributed by atoms with van der Waals surface area (Å²) in [5.41, 5.74) is 7.41. The van der Waals surface area contributed by atoms with Crippen LogP contribution in [0.2, 0.25) is 0 Å². The van der Waals surface area contributed by atoms with E-state index >= 15 is 0 Å². The molecular weight excluding hydrogens is 362 g/mol. The Kier molecular flexibility index (Phi) is 4.06. The number of carbonyl (C=O) groups is 1. The Balaban J connectivity index is 1.75. The Morgan fingerprint density at radius 1 is 1.37 bits per heavy atom. The summed E-state index contributed by atoms with van der Waals surface area (Å²) >= 11 is 1.43. The zero-order valence-electron chi connectivity index (χ0n) is 14.9. The number of hydrogen-bond donors (Lipinski definition) is 2. The van der Waals surface area contributed by atoms with Crippen molar-refractivity contribution in [2.75, 3.05) is 19.3 Å². The zero-order valence-corrected chi connectivity index (χ0v) is 15.7. The second kappa shape index (κ2) is 6.30. The number of carbonyl (C=O) groups excluding carboxylic acids is 1. The molecular formula is C19H17N5O2S. The molecule has 0 spiro atoms. The Morgan fingerprint density at radius 2 is 2.19 bits per heavy atom. The van der Waals surface area contributed by atoms with Gasteiger partial charge in [0.15, 0.2) is 5.82 Å². The lowest BCUT2D eigenvalue weighted by Crippen LogP contribution is -2.37. The molecule has 3 heterocycles. The Morgan fingerprint density at radius 3 is 2.89 bits per heavy atom. The number of likely N-dealkylation sites (tertiary alicyclic amines) is 1. The maximum absolute atomic E-state index is 12.1. The van der Waals surface area contributed by atoms with Crippen LogP contribution in [0.15, 0.2) is 24.5 Å². The molecule has 1 atom stereocenters. The zero-order chi connectivity index (χ0) is 19.2. The summed E-state index contributed by atoms with van der Waals surface area (Å²) in [7, 11) is 1.66. The van der Waals surface area contributed by atoms with Crippen LogP contribution in [-0.4, -0.2) is 50.1 Å². The first kappa shape index (κ1) is 17.4. The van der Waals surface area contributed by atoms with Crippen molar-refractivity contribution in [1.82, 2.24) is 19.9 Å². The summed E-state index contributed by atoms with van der Waals surface area (Å²) in [5.74, 6) is 5.73. The molecule has 8 heteroatoms. The summed E-state index contributed by atoms with van der Waals surface area (Å²) in [4.78, 5) is 27.1. The van der Waals surface area contributed by atoms with Crippen LogP contribution >= 0.6 is 11.3 Å². The fourth-order valence-electron chi connectivity index (χ4n) is 3.03. The maximum atomic E-state index is 12.1. The first-order valence-corrected chi connectivity index (χ1v) is 9.19. The van der Waals surface area contributed by atoms with E-state index in [0.717, 1.165) is 26.5 Å². The molecule has 1 fully saturated rings. The van der Waals surface area contributed by atoms with Crippen LogP contribution in [0, 0.1) is 18.8 Å². The molecule has 1 aliphatic heterocycles. The molecule has 1 aromatic carbocycles. The molecule has 1 saturated heterocycles. The van der Waals surface area contributed by atoms with Crippen LogP contribution in [0.25, 0.3) is 20.9 Å². The lowest BCUT2D eigenvalue weighted by Gasteiger charge is -2.13. The van der Waals surface area contributed by atoms with Gasteiger partial charge in [-0.15, -0.1) is 0 Å². The number of thiazole rings is 1. The molecule has 1 amide bonds. The van der Waals surface area contributed by atoms with E-state index < -0.39 is 5.60 Å². The van der Waals surface area contributed by atoms with Gasteiger partial charge in [-0.3, -0.25) is 4.79 Å². The van der Waals surface area contributed by atoms with Crippen molar-refractivity contribution in [1.29, 1.82) is 0 Å². The lowest BCUT2D eigenvalue weighted by molar-refractivity contribution is -0.137. The van der Waals surface area contributed by atoms with Crippen molar-refractivity contribution < 1.29 is 9.90 Å². The van der Waals surface area contributed by atoms with Gasteiger partial charge < -0.3 is 15.7 Å². The molecule has 136 valence electrons. The van der Waals surface area contributed by atoms with Crippen molar-refractivity contribution in [3.8, 4) is 22.4 Å². The molecule has 0 unspecified atom stereocenters. The van der Waals surface area contributed by atoms with Gasteiger partial charge in [-0.1, -0.05) is 35.3 Å². The molecule has 3 aromatic rings. The number of nitrogens with two attached hydrogens (primary N) is 1. The van der Waals surface area contributed by atoms with Gasteiger partial charge in [0.05, 0.1) is 0 Å². The topological polar surface area (TPSA) is 105 Å². The number of nitrogens with zero attached hydrogens (tertiary/aromatic N) is 4. The van der Waals surface area contributed by atoms with Crippen LogP contribution in [0.4, 0.5) is 5.82 Å². The van der Waals surface area contributed by atoms with Crippen LogP contribution in [0.3, 0.4) is 0 Å². The van der Waals surface area contributed by atoms with E-state index in [4.69, 9.17) is 5.73 Å². The van der Waals surface area contributed by atoms with Crippen molar-refractivity contribution in [2.45, 2.75) is 18.9 Å². The average molecular weight is 379 g/mol. The first-order chi connectivity index (χ1) is 12.9. The fraction of sp³-hybridized carbons (Fsp3) is 0.263. The van der Waals surface area contributed by atoms with Crippen LogP contribution in [-0.2, 0) is 4.79 Å². The third-order valence-corrected chi connectivity index (χ3v) is 5.70. The van der Waals surface area contributed by atoms with Crippen LogP contribution in [0.1, 0.15) is 17.5 Å². The number of amides is 1. The number of hydrogen-bond acceptors (Lipinski definition) is 7. The van der Waals surface area contributed by atoms with E-state index in [2.05, 4.69) is 26.8 Å². The monoisotopic (exact) mass is 379 g/mol. The smallest absolute Gasteiger partial charge is 0.267 e. The fourth-order valence-corrected chi connectivity index (χ4v) is 4.03. The number of anilines is 1. The maximum Gasteiger partial charge on any atom is 0.267 e. The normalized spacial score (nSPS) is 19.4. The van der Waals surface area contributed by atoms with E-state index in [0.29, 0.717) is 24.3 Å². The highest BCUT2D eigenvalue weighted by Gasteiger charge is 2.42. The number of likely N-dealkylation sites (N-methyl/N-ethyl adjacent to an activating group) is 1. The van der Waals surface area contributed by atoms with E-state index in [1.807, 2.05) is 25.1 Å². The van der Waals surface area contributed by atoms with E-state index in [1.165, 1.54) is 22.6 Å². The number of rotatable bonds is 1. The van der Waals surface area contributed by atoms with E-state index in [-0.39, 0.29) is 5.91 Å². The van der Waals surface area contributed by atoms with Gasteiger partial charge in [-0.25, -0.2) is 15.0 Å². The third kappa shape index (κ3) is 2.91. The molecule has 0 saturated carbocycles. The summed E-state index contributed by atoms with van der Waals surface area (Å²) < 4.78 is 0. The highest BCUT2D eigenvalue weighted by atomic mass is 32.1. The van der Waals surface area contributed by atoms with E-state index in [9.17, 15) is 9.90 Å². The van der Waals surface area contributed by atoms with Gasteiger partial charge in [0.25, 0.3) is 5.91 Å². The highest BCUT2D eigenvalue weighted by molar-refractivity contribution is 7.21. The molecule has 7 nitrogen and oxygen atoms in total. The summed E-state index contributed by atoms with van der Waals surface area (Å²) in [6, 6.07) is 5.69. The molecule has 27 heavy (non-hydrogen) atoms. The van der Waals surface area contributed by atoms with Crippen molar-refractivity contribution in [3.63, 3.8) is 0 Å². The number of benzene rings is 1. The largest absolute Gasteiger partial charge is 0.382 e. The number of aromatic nitrogens is 3. The second-order valence-corrected chi connectivity index (χ2v) is 7.47. The van der Waals surface area contributed by atoms with Gasteiger partial charge in [-0.05, 0) is 18.6 Å². The van der Waals surface area contributed by atoms with Crippen molar-refractivity contribution >= 4 is 33.4 Å². The van der Waals surface area contributed by atoms with Gasteiger partial charge in [0.1, 0.15) is 21.7 Å². The molecule has 3 N–H and O–H groups in total. The van der Waals surface area contributed by atoms with Gasteiger partial charge >= 0.3 is 0 Å². The molecule has 0 bridgehead atoms. The van der Waals surface area contributed by atoms with Crippen LogP contribution in [0.5, 0.6) is 0 Å². The number of nitrogen functional groups attached to an aromatic ring is 1. The van der Waals surface area contributed by atoms with E-state index in [1.54, 1.807) is 7.05 Å². The third-order valence-electron chi connectivity index (χ3n) is 4.70. The first-order valence-electron chi connectivity index (χ1n) is 8.37. The SMILES string of the molecule is Cc1c(C#C[C@]2(O)CCN(C)C2=O)cccc1-c1nc2c(N)ncnc2s1. The van der Waals surface area contributed by atoms with Gasteiger partial charge in [0, 0.05) is 31.1 Å². The Hall–Kier alpha value is -3.02. The predicted octanol–water partition coefficient (Wildman–Crippen LogP) is 1.59. The minimum absolute atomic E-state index is 0.309. The standard InChI is InChI=1S/C19H17N5O2S/c1-11-12(6-7-19(26)8-9-24(2)18(19)25)4-3-5-13(11)16-23-14-15(20)21-10-22-17(14)27-16/h3-5,10,26H,8-9H2,1-2H3,(H2,20,21,22)/t19-/m0/s1. The minimum Gasteiger partial charge on any atom is -0.382 e. The Labute approximate surface area is 159 Å². The molecule has 0 aliphatic carbocycles. The number of aliphatic hydroxyl groups is 1. The van der Waals surface area contributed by atoms with Crippen molar-refractivity contribution in [2.24, 2.45) is 0 Å². The summed E-state index contributed by atoms with van der Waals surface area (Å²) in [6.07, 6.45) is 1.73. The van der Waals surface area contributed by atoms with Gasteiger partial charge in [0.2, 0.25) is 5.60 Å². The van der Waals surface area contributed by atoms with Gasteiger partial charge in [-0.2, -0.15) is 0 Å². The Bertz CT molecular complexity index is 1130.